The van der Waals surface area contributed by atoms with Gasteiger partial charge in [-0.15, -0.1) is 0 Å². The monoisotopic (exact) mass is 451 g/mol. The number of aromatic nitrogens is 4. The standard InChI is InChI=1S/C23H22FN5O4/c1-32-17-9-16(10-18(11-17)33-2)22(30)25-7-8-29-21-19(12-27-29)23(31)28(14-26-21)13-15-5-3-4-6-20(15)24/h3-6,9-12,14H,7-8,13H2,1-2H3,(H,25,30). The Kier molecular flexibility index (Phi) is 6.34. The topological polar surface area (TPSA) is 100 Å². The highest BCUT2D eigenvalue weighted by Crippen LogP contribution is 2.22. The normalized spacial score (nSPS) is 10.9. The van der Waals surface area contributed by atoms with Crippen LogP contribution in [0.4, 0.5) is 4.39 Å². The first-order chi connectivity index (χ1) is 16.0. The van der Waals surface area contributed by atoms with Crippen LogP contribution in [0.2, 0.25) is 0 Å². The minimum absolute atomic E-state index is 0.0691. The molecule has 4 rings (SSSR count). The maximum Gasteiger partial charge on any atom is 0.264 e. The predicted octanol–water partition coefficient (Wildman–Crippen LogP) is 2.23. The molecule has 0 atom stereocenters. The third-order valence-electron chi connectivity index (χ3n) is 5.14. The lowest BCUT2D eigenvalue weighted by Crippen LogP contribution is -2.28. The molecular formula is C23H22FN5O4. The van der Waals surface area contributed by atoms with Crippen LogP contribution in [-0.4, -0.2) is 46.0 Å². The molecule has 0 aliphatic carbocycles. The van der Waals surface area contributed by atoms with Crippen molar-refractivity contribution < 1.29 is 18.7 Å². The van der Waals surface area contributed by atoms with E-state index in [1.807, 2.05) is 0 Å². The van der Waals surface area contributed by atoms with Crippen LogP contribution in [0.1, 0.15) is 15.9 Å². The van der Waals surface area contributed by atoms with E-state index in [0.717, 1.165) is 0 Å². The average Bonchev–Trinajstić information content (AvgIpc) is 3.25. The molecule has 9 nitrogen and oxygen atoms in total. The van der Waals surface area contributed by atoms with Crippen molar-refractivity contribution in [2.75, 3.05) is 20.8 Å². The van der Waals surface area contributed by atoms with Crippen molar-refractivity contribution in [3.63, 3.8) is 0 Å². The highest BCUT2D eigenvalue weighted by atomic mass is 19.1. The highest BCUT2D eigenvalue weighted by Gasteiger charge is 2.13. The predicted molar refractivity (Wildman–Crippen MR) is 119 cm³/mol. The first kappa shape index (κ1) is 22.0. The van der Waals surface area contributed by atoms with E-state index in [1.165, 1.54) is 42.1 Å². The number of ether oxygens (including phenoxy) is 2. The lowest BCUT2D eigenvalue weighted by Gasteiger charge is -2.10. The zero-order valence-corrected chi connectivity index (χ0v) is 18.1. The van der Waals surface area contributed by atoms with Gasteiger partial charge in [-0.2, -0.15) is 5.10 Å². The summed E-state index contributed by atoms with van der Waals surface area (Å²) in [4.78, 5) is 29.6. The molecule has 0 unspecified atom stereocenters. The lowest BCUT2D eigenvalue weighted by molar-refractivity contribution is 0.0951. The second-order valence-electron chi connectivity index (χ2n) is 7.23. The van der Waals surface area contributed by atoms with Crippen LogP contribution in [0.25, 0.3) is 11.0 Å². The SMILES string of the molecule is COc1cc(OC)cc(C(=O)NCCn2ncc3c(=O)n(Cc4ccccc4F)cnc32)c1. The van der Waals surface area contributed by atoms with Gasteiger partial charge in [0.15, 0.2) is 5.65 Å². The largest absolute Gasteiger partial charge is 0.497 e. The van der Waals surface area contributed by atoms with E-state index >= 15 is 0 Å². The summed E-state index contributed by atoms with van der Waals surface area (Å²) in [6, 6.07) is 11.2. The summed E-state index contributed by atoms with van der Waals surface area (Å²) in [6.45, 7) is 0.634. The van der Waals surface area contributed by atoms with Crippen LogP contribution < -0.4 is 20.3 Å². The maximum absolute atomic E-state index is 13.9. The van der Waals surface area contributed by atoms with Crippen LogP contribution >= 0.6 is 0 Å². The van der Waals surface area contributed by atoms with Crippen molar-refractivity contribution in [3.05, 3.63) is 82.3 Å². The van der Waals surface area contributed by atoms with E-state index < -0.39 is 0 Å². The summed E-state index contributed by atoms with van der Waals surface area (Å²) in [5, 5.41) is 7.34. The van der Waals surface area contributed by atoms with Crippen LogP contribution in [0.3, 0.4) is 0 Å². The Balaban J connectivity index is 1.46. The number of nitrogens with one attached hydrogen (secondary N) is 1. The van der Waals surface area contributed by atoms with Gasteiger partial charge in [0.25, 0.3) is 11.5 Å². The smallest absolute Gasteiger partial charge is 0.264 e. The van der Waals surface area contributed by atoms with Crippen molar-refractivity contribution >= 4 is 16.9 Å². The quantitative estimate of drug-likeness (QED) is 0.441. The number of nitrogens with zero attached hydrogens (tertiary/aromatic N) is 4. The van der Waals surface area contributed by atoms with Gasteiger partial charge >= 0.3 is 0 Å². The molecule has 0 saturated carbocycles. The first-order valence-electron chi connectivity index (χ1n) is 10.2. The minimum atomic E-state index is -0.385. The molecule has 0 radical (unpaired) electrons. The van der Waals surface area contributed by atoms with Crippen molar-refractivity contribution in [3.8, 4) is 11.5 Å². The van der Waals surface area contributed by atoms with Gasteiger partial charge in [0.05, 0.1) is 33.5 Å². The molecule has 170 valence electrons. The van der Waals surface area contributed by atoms with Crippen molar-refractivity contribution in [1.29, 1.82) is 0 Å². The number of rotatable bonds is 8. The Hall–Kier alpha value is -4.21. The first-order valence-corrected chi connectivity index (χ1v) is 10.2. The molecule has 33 heavy (non-hydrogen) atoms. The molecule has 10 heteroatoms. The number of benzene rings is 2. The van der Waals surface area contributed by atoms with E-state index in [2.05, 4.69) is 15.4 Å². The third-order valence-corrected chi connectivity index (χ3v) is 5.14. The molecule has 2 aromatic heterocycles. The molecule has 0 aliphatic rings. The summed E-state index contributed by atoms with van der Waals surface area (Å²) in [7, 11) is 3.02. The molecule has 0 saturated heterocycles. The van der Waals surface area contributed by atoms with Gasteiger partial charge < -0.3 is 14.8 Å². The summed E-state index contributed by atoms with van der Waals surface area (Å²) in [6.07, 6.45) is 2.80. The molecule has 1 N–H and O–H groups in total. The molecule has 1 amide bonds. The molecule has 0 fully saturated rings. The summed E-state index contributed by atoms with van der Waals surface area (Å²) in [5.74, 6) is 0.329. The molecule has 4 aromatic rings. The summed E-state index contributed by atoms with van der Waals surface area (Å²) < 4.78 is 27.2. The van der Waals surface area contributed by atoms with Gasteiger partial charge in [-0.05, 0) is 18.2 Å². The number of amides is 1. The molecular weight excluding hydrogens is 429 g/mol. The number of hydrogen-bond acceptors (Lipinski definition) is 6. The van der Waals surface area contributed by atoms with E-state index in [4.69, 9.17) is 9.47 Å². The average molecular weight is 451 g/mol. The summed E-state index contributed by atoms with van der Waals surface area (Å²) >= 11 is 0. The zero-order valence-electron chi connectivity index (χ0n) is 18.1. The second-order valence-corrected chi connectivity index (χ2v) is 7.23. The Bertz CT molecular complexity index is 1340. The number of halogens is 1. The highest BCUT2D eigenvalue weighted by molar-refractivity contribution is 5.95. The van der Waals surface area contributed by atoms with Gasteiger partial charge in [0.1, 0.15) is 29.0 Å². The molecule has 0 spiro atoms. The summed E-state index contributed by atoms with van der Waals surface area (Å²) in [5.41, 5.74) is 0.861. The van der Waals surface area contributed by atoms with Crippen molar-refractivity contribution in [2.45, 2.75) is 13.1 Å². The van der Waals surface area contributed by atoms with E-state index in [-0.39, 0.29) is 30.4 Å². The van der Waals surface area contributed by atoms with Crippen molar-refractivity contribution in [2.24, 2.45) is 0 Å². The van der Waals surface area contributed by atoms with Crippen LogP contribution in [0.5, 0.6) is 11.5 Å². The fourth-order valence-corrected chi connectivity index (χ4v) is 3.40. The molecule has 2 aromatic carbocycles. The zero-order chi connectivity index (χ0) is 23.4. The van der Waals surface area contributed by atoms with E-state index in [0.29, 0.717) is 40.2 Å². The number of fused-ring (bicyclic) bond motifs is 1. The third kappa shape index (κ3) is 4.69. The van der Waals surface area contributed by atoms with Crippen LogP contribution in [0.15, 0.2) is 59.8 Å². The maximum atomic E-state index is 13.9. The fourth-order valence-electron chi connectivity index (χ4n) is 3.40. The van der Waals surface area contributed by atoms with Gasteiger partial charge in [-0.3, -0.25) is 14.2 Å². The fraction of sp³-hybridized carbons (Fsp3) is 0.217. The molecule has 2 heterocycles. The minimum Gasteiger partial charge on any atom is -0.497 e. The Labute approximate surface area is 188 Å². The molecule has 0 bridgehead atoms. The molecule has 0 aliphatic heterocycles. The number of methoxy groups -OCH3 is 2. The van der Waals surface area contributed by atoms with Gasteiger partial charge in [-0.25, -0.2) is 14.1 Å². The number of carbonyl (C=O) groups is 1. The number of hydrogen-bond donors (Lipinski definition) is 1. The van der Waals surface area contributed by atoms with E-state index in [1.54, 1.807) is 36.4 Å². The Morgan fingerprint density at radius 3 is 2.55 bits per heavy atom. The number of carbonyl (C=O) groups excluding carboxylic acids is 1. The Morgan fingerprint density at radius 1 is 1.12 bits per heavy atom. The van der Waals surface area contributed by atoms with Crippen molar-refractivity contribution in [1.82, 2.24) is 24.6 Å². The van der Waals surface area contributed by atoms with E-state index in [9.17, 15) is 14.0 Å². The van der Waals surface area contributed by atoms with Crippen LogP contribution in [0, 0.1) is 5.82 Å². The van der Waals surface area contributed by atoms with Gasteiger partial charge in [0.2, 0.25) is 0 Å². The van der Waals surface area contributed by atoms with Gasteiger partial charge in [-0.1, -0.05) is 18.2 Å². The van der Waals surface area contributed by atoms with Crippen LogP contribution in [-0.2, 0) is 13.1 Å². The van der Waals surface area contributed by atoms with Gasteiger partial charge in [0, 0.05) is 23.7 Å². The second kappa shape index (κ2) is 9.51. The lowest BCUT2D eigenvalue weighted by atomic mass is 10.2. The Morgan fingerprint density at radius 2 is 1.85 bits per heavy atom.